The molecular weight excluding hydrogens is 658 g/mol. The summed E-state index contributed by atoms with van der Waals surface area (Å²) in [5.74, 6) is -0.720. The third kappa shape index (κ3) is 7.70. The SMILES string of the molecule is CCCc1nc2ccn(CC(=O)N3CCCCC3)c(=O)c2n1Cc1ccc(-c2ccccc2S(=O)(=O)NC(=O)CCc2ccccc2)cc1F. The summed E-state index contributed by atoms with van der Waals surface area (Å²) < 4.78 is 47.9. The van der Waals surface area contributed by atoms with Gasteiger partial charge in [0, 0.05) is 43.3 Å². The first-order chi connectivity index (χ1) is 24.1. The Morgan fingerprint density at radius 2 is 1.66 bits per heavy atom. The molecule has 0 atom stereocenters. The van der Waals surface area contributed by atoms with Gasteiger partial charge in [0.2, 0.25) is 11.8 Å². The maximum atomic E-state index is 15.9. The quantitative estimate of drug-likeness (QED) is 0.185. The molecule has 260 valence electrons. The summed E-state index contributed by atoms with van der Waals surface area (Å²) in [5.41, 5.74) is 2.14. The molecule has 6 rings (SSSR count). The van der Waals surface area contributed by atoms with Crippen LogP contribution < -0.4 is 10.3 Å². The number of halogens is 1. The van der Waals surface area contributed by atoms with Gasteiger partial charge in [-0.05, 0) is 61.4 Å². The van der Waals surface area contributed by atoms with Crippen molar-refractivity contribution in [2.45, 2.75) is 69.9 Å². The third-order valence-electron chi connectivity index (χ3n) is 9.04. The molecule has 1 saturated heterocycles. The van der Waals surface area contributed by atoms with Crippen LogP contribution in [0, 0.1) is 5.82 Å². The van der Waals surface area contributed by atoms with E-state index in [1.165, 1.54) is 16.7 Å². The van der Waals surface area contributed by atoms with Crippen molar-refractivity contribution >= 4 is 32.9 Å². The number of sulfonamides is 1. The summed E-state index contributed by atoms with van der Waals surface area (Å²) in [6, 6.07) is 21.6. The number of hydrogen-bond donors (Lipinski definition) is 1. The number of imidazole rings is 1. The molecule has 12 heteroatoms. The van der Waals surface area contributed by atoms with Crippen molar-refractivity contribution in [1.82, 2.24) is 23.7 Å². The highest BCUT2D eigenvalue weighted by Crippen LogP contribution is 2.29. The van der Waals surface area contributed by atoms with Crippen molar-refractivity contribution in [3.05, 3.63) is 118 Å². The number of pyridine rings is 1. The second-order valence-corrected chi connectivity index (χ2v) is 14.3. The molecule has 0 spiro atoms. The number of carbonyl (C=O) groups is 2. The maximum absolute atomic E-state index is 15.9. The molecule has 0 radical (unpaired) electrons. The van der Waals surface area contributed by atoms with Crippen LogP contribution in [-0.4, -0.2) is 52.3 Å². The summed E-state index contributed by atoms with van der Waals surface area (Å²) in [6.07, 6.45) is 6.25. The lowest BCUT2D eigenvalue weighted by atomic mass is 10.0. The Bertz CT molecular complexity index is 2190. The molecule has 0 unspecified atom stereocenters. The van der Waals surface area contributed by atoms with Gasteiger partial charge in [0.15, 0.2) is 0 Å². The van der Waals surface area contributed by atoms with E-state index < -0.39 is 21.7 Å². The van der Waals surface area contributed by atoms with Crippen LogP contribution in [0.4, 0.5) is 4.39 Å². The number of hydrogen-bond acceptors (Lipinski definition) is 6. The molecule has 0 aliphatic carbocycles. The highest BCUT2D eigenvalue weighted by molar-refractivity contribution is 7.90. The minimum absolute atomic E-state index is 0.00862. The fraction of sp³-hybridized carbons (Fsp3) is 0.316. The zero-order chi connectivity index (χ0) is 35.3. The van der Waals surface area contributed by atoms with Gasteiger partial charge in [-0.2, -0.15) is 0 Å². The molecule has 1 aliphatic rings. The number of likely N-dealkylation sites (tertiary alicyclic amines) is 1. The van der Waals surface area contributed by atoms with E-state index in [0.717, 1.165) is 31.2 Å². The number of nitrogens with zero attached hydrogens (tertiary/aromatic N) is 4. The van der Waals surface area contributed by atoms with Crippen LogP contribution in [0.15, 0.2) is 94.7 Å². The van der Waals surface area contributed by atoms with Crippen molar-refractivity contribution < 1.29 is 22.4 Å². The summed E-state index contributed by atoms with van der Waals surface area (Å²) in [5, 5.41) is 0. The number of amides is 2. The van der Waals surface area contributed by atoms with Crippen LogP contribution >= 0.6 is 0 Å². The Kier molecular flexibility index (Phi) is 10.6. The van der Waals surface area contributed by atoms with Gasteiger partial charge in [0.1, 0.15) is 23.7 Å². The van der Waals surface area contributed by atoms with Gasteiger partial charge < -0.3 is 14.0 Å². The van der Waals surface area contributed by atoms with Crippen LogP contribution in [0.3, 0.4) is 0 Å². The van der Waals surface area contributed by atoms with Gasteiger partial charge in [-0.1, -0.05) is 67.6 Å². The van der Waals surface area contributed by atoms with Crippen molar-refractivity contribution in [3.63, 3.8) is 0 Å². The maximum Gasteiger partial charge on any atom is 0.277 e. The topological polar surface area (TPSA) is 123 Å². The molecule has 1 fully saturated rings. The van der Waals surface area contributed by atoms with Crippen molar-refractivity contribution in [2.75, 3.05) is 13.1 Å². The Morgan fingerprint density at radius 1 is 0.920 bits per heavy atom. The zero-order valence-corrected chi connectivity index (χ0v) is 28.8. The van der Waals surface area contributed by atoms with Crippen LogP contribution in [0.25, 0.3) is 22.2 Å². The molecule has 50 heavy (non-hydrogen) atoms. The van der Waals surface area contributed by atoms with Crippen LogP contribution in [0.2, 0.25) is 0 Å². The fourth-order valence-electron chi connectivity index (χ4n) is 6.43. The van der Waals surface area contributed by atoms with E-state index in [-0.39, 0.29) is 47.0 Å². The number of carbonyl (C=O) groups excluding carboxylic acids is 2. The first-order valence-corrected chi connectivity index (χ1v) is 18.5. The first-order valence-electron chi connectivity index (χ1n) is 17.0. The van der Waals surface area contributed by atoms with E-state index in [1.807, 2.05) is 37.3 Å². The number of benzene rings is 3. The summed E-state index contributed by atoms with van der Waals surface area (Å²) in [4.78, 5) is 45.7. The van der Waals surface area contributed by atoms with Gasteiger partial charge in [-0.3, -0.25) is 14.4 Å². The lowest BCUT2D eigenvalue weighted by Gasteiger charge is -2.26. The Morgan fingerprint density at radius 3 is 2.40 bits per heavy atom. The Balaban J connectivity index is 1.26. The van der Waals surface area contributed by atoms with Gasteiger partial charge in [-0.25, -0.2) is 22.5 Å². The standard InChI is InChI=1S/C38H40FN5O5S/c1-2-11-34-40-32-20-23-43(26-36(46)42-21-9-4-10-22-42)38(47)37(32)44(34)25-29-18-17-28(24-31(29)39)30-14-7-8-15-33(30)50(48,49)41-35(45)19-16-27-12-5-3-6-13-27/h3,5-8,12-15,17-18,20,23-24H,2,4,9-11,16,19,21-22,25-26H2,1H3,(H,41,45). The van der Waals surface area contributed by atoms with E-state index in [2.05, 4.69) is 9.71 Å². The lowest BCUT2D eigenvalue weighted by molar-refractivity contribution is -0.132. The Hall–Kier alpha value is -5.10. The monoisotopic (exact) mass is 697 g/mol. The number of rotatable bonds is 12. The number of fused-ring (bicyclic) bond motifs is 1. The minimum atomic E-state index is -4.27. The Labute approximate surface area is 290 Å². The second-order valence-electron chi connectivity index (χ2n) is 12.6. The summed E-state index contributed by atoms with van der Waals surface area (Å²) in [7, 11) is -4.27. The van der Waals surface area contributed by atoms with Crippen molar-refractivity contribution in [1.29, 1.82) is 0 Å². The predicted octanol–water partition coefficient (Wildman–Crippen LogP) is 5.46. The van der Waals surface area contributed by atoms with Gasteiger partial charge in [-0.15, -0.1) is 0 Å². The second kappa shape index (κ2) is 15.2. The smallest absolute Gasteiger partial charge is 0.277 e. The molecule has 3 aromatic carbocycles. The van der Waals surface area contributed by atoms with E-state index in [4.69, 9.17) is 0 Å². The van der Waals surface area contributed by atoms with E-state index in [9.17, 15) is 22.8 Å². The molecule has 1 aliphatic heterocycles. The number of piperidine rings is 1. The molecule has 2 amide bonds. The number of nitrogens with one attached hydrogen (secondary N) is 1. The molecule has 5 aromatic rings. The fourth-order valence-corrected chi connectivity index (χ4v) is 7.68. The predicted molar refractivity (Wildman–Crippen MR) is 189 cm³/mol. The first kappa shape index (κ1) is 34.8. The molecular formula is C38H40FN5O5S. The normalized spacial score (nSPS) is 13.4. The summed E-state index contributed by atoms with van der Waals surface area (Å²) in [6.45, 7) is 3.29. The number of aryl methyl sites for hydroxylation is 2. The largest absolute Gasteiger partial charge is 0.341 e. The highest BCUT2D eigenvalue weighted by Gasteiger charge is 2.24. The van der Waals surface area contributed by atoms with E-state index in [0.29, 0.717) is 48.4 Å². The van der Waals surface area contributed by atoms with E-state index >= 15 is 4.39 Å². The van der Waals surface area contributed by atoms with Gasteiger partial charge in [0.05, 0.1) is 17.0 Å². The molecule has 3 heterocycles. The third-order valence-corrected chi connectivity index (χ3v) is 10.5. The average molecular weight is 698 g/mol. The minimum Gasteiger partial charge on any atom is -0.341 e. The average Bonchev–Trinajstić information content (AvgIpc) is 3.47. The molecule has 2 aromatic heterocycles. The van der Waals surface area contributed by atoms with Crippen molar-refractivity contribution in [3.8, 4) is 11.1 Å². The highest BCUT2D eigenvalue weighted by atomic mass is 32.2. The summed E-state index contributed by atoms with van der Waals surface area (Å²) >= 11 is 0. The molecule has 10 nitrogen and oxygen atoms in total. The lowest BCUT2D eigenvalue weighted by Crippen LogP contribution is -2.39. The van der Waals surface area contributed by atoms with Crippen LogP contribution in [0.1, 0.15) is 56.0 Å². The van der Waals surface area contributed by atoms with Crippen LogP contribution in [-0.2, 0) is 45.5 Å². The zero-order valence-electron chi connectivity index (χ0n) is 28.0. The van der Waals surface area contributed by atoms with Gasteiger partial charge in [0.25, 0.3) is 15.6 Å². The molecule has 0 saturated carbocycles. The van der Waals surface area contributed by atoms with Crippen molar-refractivity contribution in [2.24, 2.45) is 0 Å². The van der Waals surface area contributed by atoms with Gasteiger partial charge >= 0.3 is 0 Å². The van der Waals surface area contributed by atoms with Crippen LogP contribution in [0.5, 0.6) is 0 Å². The number of aromatic nitrogens is 3. The molecule has 1 N–H and O–H groups in total. The molecule has 0 bridgehead atoms. The van der Waals surface area contributed by atoms with E-state index in [1.54, 1.807) is 52.1 Å².